The van der Waals surface area contributed by atoms with Gasteiger partial charge in [-0.2, -0.15) is 0 Å². The van der Waals surface area contributed by atoms with E-state index in [4.69, 9.17) is 9.15 Å². The average Bonchev–Trinajstić information content (AvgIpc) is 3.06. The van der Waals surface area contributed by atoms with Gasteiger partial charge in [-0.3, -0.25) is 9.69 Å². The van der Waals surface area contributed by atoms with Gasteiger partial charge >= 0.3 is 5.97 Å². The lowest BCUT2D eigenvalue weighted by Gasteiger charge is -2.35. The van der Waals surface area contributed by atoms with Crippen molar-refractivity contribution in [3.05, 3.63) is 24.2 Å². The van der Waals surface area contributed by atoms with Gasteiger partial charge in [-0.05, 0) is 32.0 Å². The smallest absolute Gasteiger partial charge is 0.310 e. The van der Waals surface area contributed by atoms with Crippen LogP contribution in [-0.4, -0.2) is 47.8 Å². The molecule has 0 radical (unpaired) electrons. The van der Waals surface area contributed by atoms with Crippen molar-refractivity contribution in [1.82, 2.24) is 4.90 Å². The average molecular weight is 281 g/mol. The maximum absolute atomic E-state index is 11.3. The molecule has 0 spiro atoms. The van der Waals surface area contributed by atoms with Gasteiger partial charge in [-0.25, -0.2) is 0 Å². The van der Waals surface area contributed by atoms with Crippen LogP contribution in [0.2, 0.25) is 0 Å². The minimum absolute atomic E-state index is 0.0441. The van der Waals surface area contributed by atoms with Crippen molar-refractivity contribution < 1.29 is 19.1 Å². The molecule has 1 aliphatic rings. The van der Waals surface area contributed by atoms with Crippen molar-refractivity contribution in [2.24, 2.45) is 5.92 Å². The summed E-state index contributed by atoms with van der Waals surface area (Å²) in [7, 11) is 0. The van der Waals surface area contributed by atoms with Gasteiger partial charge in [0.1, 0.15) is 5.76 Å². The quantitative estimate of drug-likeness (QED) is 0.828. The molecule has 5 nitrogen and oxygen atoms in total. The van der Waals surface area contributed by atoms with E-state index in [1.807, 2.05) is 12.1 Å². The molecule has 1 fully saturated rings. The van der Waals surface area contributed by atoms with Crippen LogP contribution in [0.25, 0.3) is 0 Å². The molecule has 0 amide bonds. The van der Waals surface area contributed by atoms with E-state index in [1.54, 1.807) is 6.26 Å². The van der Waals surface area contributed by atoms with E-state index < -0.39 is 11.9 Å². The molecule has 20 heavy (non-hydrogen) atoms. The molecule has 2 rings (SSSR count). The van der Waals surface area contributed by atoms with E-state index in [-0.39, 0.29) is 12.1 Å². The third-order valence-corrected chi connectivity index (χ3v) is 3.92. The fourth-order valence-electron chi connectivity index (χ4n) is 2.91. The highest BCUT2D eigenvalue weighted by Crippen LogP contribution is 2.24. The lowest BCUT2D eigenvalue weighted by molar-refractivity contribution is -0.143. The maximum atomic E-state index is 11.3. The van der Waals surface area contributed by atoms with Gasteiger partial charge in [0.2, 0.25) is 0 Å². The second-order valence-corrected chi connectivity index (χ2v) is 5.42. The first-order valence-electron chi connectivity index (χ1n) is 7.22. The first-order chi connectivity index (χ1) is 9.63. The van der Waals surface area contributed by atoms with Crippen molar-refractivity contribution in [2.45, 2.75) is 38.8 Å². The topological polar surface area (TPSA) is 62.9 Å². The molecular weight excluding hydrogens is 258 g/mol. The Kier molecular flexibility index (Phi) is 5.20. The summed E-state index contributed by atoms with van der Waals surface area (Å²) in [6.07, 6.45) is 3.45. The van der Waals surface area contributed by atoms with Gasteiger partial charge in [0, 0.05) is 18.5 Å². The fraction of sp³-hybridized carbons (Fsp3) is 0.667. The van der Waals surface area contributed by atoms with Gasteiger partial charge in [0.05, 0.1) is 25.4 Å². The molecule has 0 saturated carbocycles. The molecule has 1 N–H and O–H groups in total. The van der Waals surface area contributed by atoms with Crippen molar-refractivity contribution in [2.75, 3.05) is 19.8 Å². The zero-order valence-electron chi connectivity index (χ0n) is 12.1. The Morgan fingerprint density at radius 3 is 2.95 bits per heavy atom. The summed E-state index contributed by atoms with van der Waals surface area (Å²) in [5.41, 5.74) is 0. The number of carbonyl (C=O) groups is 1. The number of aliphatic carboxylic acids is 1. The van der Waals surface area contributed by atoms with E-state index in [0.29, 0.717) is 13.2 Å². The number of hydrogen-bond donors (Lipinski definition) is 1. The Bertz CT molecular complexity index is 418. The molecule has 0 bridgehead atoms. The molecule has 1 saturated heterocycles. The highest BCUT2D eigenvalue weighted by molar-refractivity contribution is 5.71. The van der Waals surface area contributed by atoms with E-state index in [0.717, 1.165) is 25.1 Å². The van der Waals surface area contributed by atoms with Crippen LogP contribution in [0.4, 0.5) is 0 Å². The van der Waals surface area contributed by atoms with Gasteiger partial charge in [-0.1, -0.05) is 6.92 Å². The summed E-state index contributed by atoms with van der Waals surface area (Å²) in [6.45, 7) is 5.92. The van der Waals surface area contributed by atoms with Gasteiger partial charge < -0.3 is 14.3 Å². The van der Waals surface area contributed by atoms with Crippen molar-refractivity contribution in [3.8, 4) is 0 Å². The van der Waals surface area contributed by atoms with Gasteiger partial charge in [0.15, 0.2) is 0 Å². The Morgan fingerprint density at radius 2 is 2.35 bits per heavy atom. The number of ether oxygens (including phenoxy) is 1. The number of carboxylic acids is 1. The van der Waals surface area contributed by atoms with Crippen LogP contribution in [0.5, 0.6) is 0 Å². The maximum Gasteiger partial charge on any atom is 0.310 e. The third kappa shape index (κ3) is 3.41. The number of nitrogens with zero attached hydrogens (tertiary/aromatic N) is 1. The fourth-order valence-corrected chi connectivity index (χ4v) is 2.91. The van der Waals surface area contributed by atoms with Gasteiger partial charge in [-0.15, -0.1) is 0 Å². The van der Waals surface area contributed by atoms with Crippen LogP contribution in [-0.2, 0) is 16.0 Å². The number of carboxylic acid groups (broad SMARTS) is 1. The molecule has 112 valence electrons. The van der Waals surface area contributed by atoms with Crippen molar-refractivity contribution in [1.29, 1.82) is 0 Å². The Hall–Kier alpha value is -1.33. The summed E-state index contributed by atoms with van der Waals surface area (Å²) < 4.78 is 10.8. The number of rotatable bonds is 7. The number of hydrogen-bond acceptors (Lipinski definition) is 4. The Balaban J connectivity index is 2.07. The summed E-state index contributed by atoms with van der Waals surface area (Å²) in [6, 6.07) is 4.03. The monoisotopic (exact) mass is 281 g/mol. The minimum atomic E-state index is -0.765. The molecule has 1 aromatic rings. The lowest BCUT2D eigenvalue weighted by Crippen LogP contribution is -2.48. The molecule has 0 aromatic carbocycles. The standard InChI is InChI=1S/C15H23NO4/c1-3-6-16(11(2)8-12-5-4-7-20-12)14-10-19-9-13(14)15(17)18/h4-5,7,11,13-14H,3,6,8-10H2,1-2H3,(H,17,18). The molecule has 3 unspecified atom stereocenters. The second-order valence-electron chi connectivity index (χ2n) is 5.42. The van der Waals surface area contributed by atoms with Crippen LogP contribution >= 0.6 is 0 Å². The first-order valence-corrected chi connectivity index (χ1v) is 7.22. The molecule has 2 heterocycles. The molecule has 1 aromatic heterocycles. The SMILES string of the molecule is CCCN(C(C)Cc1ccco1)C1COCC1C(=O)O. The van der Waals surface area contributed by atoms with E-state index in [9.17, 15) is 9.90 Å². The van der Waals surface area contributed by atoms with Gasteiger partial charge in [0.25, 0.3) is 0 Å². The van der Waals surface area contributed by atoms with Crippen LogP contribution in [0, 0.1) is 5.92 Å². The highest BCUT2D eigenvalue weighted by Gasteiger charge is 2.39. The predicted octanol–water partition coefficient (Wildman–Crippen LogP) is 2.02. The molecular formula is C15H23NO4. The van der Waals surface area contributed by atoms with Crippen molar-refractivity contribution >= 4 is 5.97 Å². The zero-order valence-corrected chi connectivity index (χ0v) is 12.1. The van der Waals surface area contributed by atoms with Crippen LogP contribution in [0.15, 0.2) is 22.8 Å². The molecule has 0 aliphatic carbocycles. The second kappa shape index (κ2) is 6.90. The Labute approximate surface area is 119 Å². The predicted molar refractivity (Wildman–Crippen MR) is 74.6 cm³/mol. The van der Waals surface area contributed by atoms with Crippen LogP contribution in [0.3, 0.4) is 0 Å². The molecule has 5 heteroatoms. The zero-order chi connectivity index (χ0) is 14.5. The van der Waals surface area contributed by atoms with E-state index in [2.05, 4.69) is 18.7 Å². The summed E-state index contributed by atoms with van der Waals surface area (Å²) in [5.74, 6) is -0.260. The highest BCUT2D eigenvalue weighted by atomic mass is 16.5. The molecule has 1 aliphatic heterocycles. The summed E-state index contributed by atoms with van der Waals surface area (Å²) >= 11 is 0. The van der Waals surface area contributed by atoms with E-state index >= 15 is 0 Å². The minimum Gasteiger partial charge on any atom is -0.481 e. The van der Waals surface area contributed by atoms with Crippen LogP contribution < -0.4 is 0 Å². The summed E-state index contributed by atoms with van der Waals surface area (Å²) in [4.78, 5) is 13.6. The molecule has 3 atom stereocenters. The third-order valence-electron chi connectivity index (χ3n) is 3.92. The summed E-state index contributed by atoms with van der Waals surface area (Å²) in [5, 5.41) is 9.31. The van der Waals surface area contributed by atoms with Crippen LogP contribution in [0.1, 0.15) is 26.0 Å². The van der Waals surface area contributed by atoms with E-state index in [1.165, 1.54) is 0 Å². The number of furan rings is 1. The first kappa shape index (κ1) is 15.1. The normalized spacial score (nSPS) is 24.1. The largest absolute Gasteiger partial charge is 0.481 e. The lowest BCUT2D eigenvalue weighted by atomic mass is 9.99. The Morgan fingerprint density at radius 1 is 1.55 bits per heavy atom. The van der Waals surface area contributed by atoms with Crippen molar-refractivity contribution in [3.63, 3.8) is 0 Å².